The predicted molar refractivity (Wildman–Crippen MR) is 62.7 cm³/mol. The minimum Gasteiger partial charge on any atom is -0.416 e. The fourth-order valence-corrected chi connectivity index (χ4v) is 2.29. The van der Waals surface area contributed by atoms with E-state index < -0.39 is 0 Å². The molecule has 82 valence electrons. The van der Waals surface area contributed by atoms with Gasteiger partial charge in [0, 0.05) is 21.9 Å². The Kier molecular flexibility index (Phi) is 3.40. The summed E-state index contributed by atoms with van der Waals surface area (Å²) in [7, 11) is 0. The molecule has 1 heterocycles. The molecule has 0 amide bonds. The Bertz CT molecular complexity index is 527. The van der Waals surface area contributed by atoms with E-state index >= 15 is 0 Å². The summed E-state index contributed by atoms with van der Waals surface area (Å²) in [6, 6.07) is 5.44. The Hall–Kier alpha value is -1.14. The fourth-order valence-electron chi connectivity index (χ4n) is 1.12. The van der Waals surface area contributed by atoms with Crippen LogP contribution in [0.3, 0.4) is 0 Å². The summed E-state index contributed by atoms with van der Waals surface area (Å²) in [5.74, 6) is 0.507. The third-order valence-electron chi connectivity index (χ3n) is 1.80. The molecule has 0 aliphatic carbocycles. The summed E-state index contributed by atoms with van der Waals surface area (Å²) in [5, 5.41) is 8.01. The van der Waals surface area contributed by atoms with Crippen molar-refractivity contribution in [2.75, 3.05) is 0 Å². The van der Waals surface area contributed by atoms with E-state index in [0.29, 0.717) is 16.7 Å². The van der Waals surface area contributed by atoms with E-state index in [-0.39, 0.29) is 0 Å². The van der Waals surface area contributed by atoms with Crippen molar-refractivity contribution in [1.82, 2.24) is 10.2 Å². The topological polar surface area (TPSA) is 56.0 Å². The third-order valence-corrected chi connectivity index (χ3v) is 3.23. The van der Waals surface area contributed by atoms with Crippen molar-refractivity contribution in [2.45, 2.75) is 17.0 Å². The molecule has 0 unspecified atom stereocenters. The Morgan fingerprint density at radius 1 is 1.44 bits per heavy atom. The monoisotopic (exact) mass is 298 g/mol. The predicted octanol–water partition coefficient (Wildman–Crippen LogP) is 3.10. The largest absolute Gasteiger partial charge is 0.416 e. The molecule has 0 saturated carbocycles. The van der Waals surface area contributed by atoms with Crippen LogP contribution in [0, 0.1) is 6.92 Å². The Labute approximate surface area is 105 Å². The van der Waals surface area contributed by atoms with Gasteiger partial charge >= 0.3 is 0 Å². The van der Waals surface area contributed by atoms with E-state index in [1.54, 1.807) is 13.0 Å². The lowest BCUT2D eigenvalue weighted by molar-refractivity contribution is 0.112. The summed E-state index contributed by atoms with van der Waals surface area (Å²) >= 11 is 4.58. The smallest absolute Gasteiger partial charge is 0.281 e. The van der Waals surface area contributed by atoms with Gasteiger partial charge in [-0.25, -0.2) is 0 Å². The molecule has 0 saturated heterocycles. The molecule has 4 nitrogen and oxygen atoms in total. The highest BCUT2D eigenvalue weighted by atomic mass is 79.9. The van der Waals surface area contributed by atoms with Crippen LogP contribution < -0.4 is 0 Å². The highest BCUT2D eigenvalue weighted by molar-refractivity contribution is 9.10. The molecule has 0 atom stereocenters. The molecule has 1 aromatic carbocycles. The van der Waals surface area contributed by atoms with Crippen LogP contribution in [0.1, 0.15) is 16.2 Å². The summed E-state index contributed by atoms with van der Waals surface area (Å²) < 4.78 is 6.09. The lowest BCUT2D eigenvalue weighted by atomic mass is 10.2. The first kappa shape index (κ1) is 11.3. The van der Waals surface area contributed by atoms with Gasteiger partial charge in [-0.15, -0.1) is 10.2 Å². The normalized spacial score (nSPS) is 10.4. The number of nitrogens with zero attached hydrogens (tertiary/aromatic N) is 2. The standard InChI is InChI=1S/C10H7BrN2O2S/c1-6-12-13-10(15-6)16-9-3-2-8(11)4-7(9)5-14/h2-5H,1H3. The van der Waals surface area contributed by atoms with Crippen LogP contribution in [0.15, 0.2) is 37.2 Å². The van der Waals surface area contributed by atoms with E-state index in [4.69, 9.17) is 4.42 Å². The van der Waals surface area contributed by atoms with Crippen LogP contribution in [-0.4, -0.2) is 16.5 Å². The molecule has 6 heteroatoms. The molecule has 0 bridgehead atoms. The van der Waals surface area contributed by atoms with E-state index in [0.717, 1.165) is 15.7 Å². The number of benzene rings is 1. The van der Waals surface area contributed by atoms with Crippen molar-refractivity contribution in [3.8, 4) is 0 Å². The molecule has 0 N–H and O–H groups in total. The number of aldehydes is 1. The second-order valence-corrected chi connectivity index (χ2v) is 4.90. The number of hydrogen-bond donors (Lipinski definition) is 0. The number of rotatable bonds is 3. The van der Waals surface area contributed by atoms with Crippen LogP contribution in [0.2, 0.25) is 0 Å². The molecule has 0 aliphatic rings. The number of carbonyl (C=O) groups is 1. The summed E-state index contributed by atoms with van der Waals surface area (Å²) in [4.78, 5) is 11.7. The highest BCUT2D eigenvalue weighted by Crippen LogP contribution is 2.30. The SMILES string of the molecule is Cc1nnc(Sc2ccc(Br)cc2C=O)o1. The van der Waals surface area contributed by atoms with Gasteiger partial charge in [0.05, 0.1) is 0 Å². The Morgan fingerprint density at radius 3 is 2.88 bits per heavy atom. The molecule has 0 aliphatic heterocycles. The fraction of sp³-hybridized carbons (Fsp3) is 0.100. The van der Waals surface area contributed by atoms with Crippen molar-refractivity contribution in [3.63, 3.8) is 0 Å². The first-order valence-corrected chi connectivity index (χ1v) is 6.02. The number of aryl methyl sites for hydroxylation is 1. The van der Waals surface area contributed by atoms with Gasteiger partial charge < -0.3 is 4.42 Å². The summed E-state index contributed by atoms with van der Waals surface area (Å²) in [5.41, 5.74) is 0.593. The maximum absolute atomic E-state index is 10.9. The number of halogens is 1. The van der Waals surface area contributed by atoms with Crippen LogP contribution in [0.25, 0.3) is 0 Å². The summed E-state index contributed by atoms with van der Waals surface area (Å²) in [6.07, 6.45) is 0.802. The zero-order valence-corrected chi connectivity index (χ0v) is 10.7. The quantitative estimate of drug-likeness (QED) is 0.815. The maximum atomic E-state index is 10.9. The minimum absolute atomic E-state index is 0.433. The van der Waals surface area contributed by atoms with Crippen molar-refractivity contribution >= 4 is 34.0 Å². The van der Waals surface area contributed by atoms with Crippen LogP contribution in [0.4, 0.5) is 0 Å². The molecular formula is C10H7BrN2O2S. The second-order valence-electron chi connectivity index (χ2n) is 2.99. The van der Waals surface area contributed by atoms with Gasteiger partial charge in [0.25, 0.3) is 5.22 Å². The minimum atomic E-state index is 0.433. The molecule has 16 heavy (non-hydrogen) atoms. The molecule has 0 radical (unpaired) electrons. The molecule has 0 fully saturated rings. The van der Waals surface area contributed by atoms with Crippen molar-refractivity contribution in [3.05, 3.63) is 34.1 Å². The van der Waals surface area contributed by atoms with E-state index in [1.165, 1.54) is 11.8 Å². The van der Waals surface area contributed by atoms with Gasteiger partial charge in [-0.2, -0.15) is 0 Å². The van der Waals surface area contributed by atoms with Gasteiger partial charge in [0.2, 0.25) is 5.89 Å². The number of hydrogen-bond acceptors (Lipinski definition) is 5. The van der Waals surface area contributed by atoms with Crippen molar-refractivity contribution in [2.24, 2.45) is 0 Å². The van der Waals surface area contributed by atoms with E-state index in [2.05, 4.69) is 26.1 Å². The zero-order chi connectivity index (χ0) is 11.5. The average molecular weight is 299 g/mol. The Balaban J connectivity index is 2.30. The first-order chi connectivity index (χ1) is 7.69. The van der Waals surface area contributed by atoms with Gasteiger partial charge in [0.15, 0.2) is 6.29 Å². The zero-order valence-electron chi connectivity index (χ0n) is 8.31. The molecule has 2 rings (SSSR count). The molecule has 1 aromatic heterocycles. The lowest BCUT2D eigenvalue weighted by Gasteiger charge is -2.01. The lowest BCUT2D eigenvalue weighted by Crippen LogP contribution is -1.85. The highest BCUT2D eigenvalue weighted by Gasteiger charge is 2.09. The third kappa shape index (κ3) is 2.51. The number of aromatic nitrogens is 2. The van der Waals surface area contributed by atoms with Gasteiger partial charge in [-0.05, 0) is 30.0 Å². The average Bonchev–Trinajstić information content (AvgIpc) is 2.67. The molecular weight excluding hydrogens is 292 g/mol. The van der Waals surface area contributed by atoms with Gasteiger partial charge in [-0.3, -0.25) is 4.79 Å². The van der Waals surface area contributed by atoms with Crippen molar-refractivity contribution < 1.29 is 9.21 Å². The van der Waals surface area contributed by atoms with Gasteiger partial charge in [0.1, 0.15) is 0 Å². The molecule has 2 aromatic rings. The first-order valence-electron chi connectivity index (χ1n) is 4.42. The van der Waals surface area contributed by atoms with Crippen LogP contribution >= 0.6 is 27.7 Å². The summed E-state index contributed by atoms with van der Waals surface area (Å²) in [6.45, 7) is 1.72. The van der Waals surface area contributed by atoms with Gasteiger partial charge in [-0.1, -0.05) is 15.9 Å². The Morgan fingerprint density at radius 2 is 2.25 bits per heavy atom. The van der Waals surface area contributed by atoms with Crippen molar-refractivity contribution in [1.29, 1.82) is 0 Å². The van der Waals surface area contributed by atoms with Crippen LogP contribution in [0.5, 0.6) is 0 Å². The number of carbonyl (C=O) groups excluding carboxylic acids is 1. The molecule has 0 spiro atoms. The maximum Gasteiger partial charge on any atom is 0.281 e. The van der Waals surface area contributed by atoms with E-state index in [1.807, 2.05) is 12.1 Å². The second kappa shape index (κ2) is 4.80. The van der Waals surface area contributed by atoms with E-state index in [9.17, 15) is 4.79 Å². The van der Waals surface area contributed by atoms with Crippen LogP contribution in [-0.2, 0) is 0 Å².